The summed E-state index contributed by atoms with van der Waals surface area (Å²) in [5.74, 6) is -0.915. The van der Waals surface area contributed by atoms with Gasteiger partial charge in [-0.25, -0.2) is 4.79 Å². The Morgan fingerprint density at radius 2 is 1.75 bits per heavy atom. The number of carboxylic acids is 1. The molecule has 6 heteroatoms. The quantitative estimate of drug-likeness (QED) is 0.898. The first kappa shape index (κ1) is 16.9. The van der Waals surface area contributed by atoms with Crippen molar-refractivity contribution in [1.82, 2.24) is 4.90 Å². The molecular formula is C18H16ClNO3S. The zero-order valence-electron chi connectivity index (χ0n) is 13.0. The first-order valence-corrected chi connectivity index (χ1v) is 8.89. The molecule has 0 aromatic heterocycles. The summed E-state index contributed by atoms with van der Waals surface area (Å²) in [4.78, 5) is 26.0. The van der Waals surface area contributed by atoms with E-state index in [0.29, 0.717) is 16.3 Å². The molecule has 1 amide bonds. The maximum atomic E-state index is 12.9. The van der Waals surface area contributed by atoms with Crippen molar-refractivity contribution in [3.05, 3.63) is 70.2 Å². The minimum atomic E-state index is -0.987. The Morgan fingerprint density at radius 3 is 2.33 bits per heavy atom. The van der Waals surface area contributed by atoms with Gasteiger partial charge in [0.05, 0.1) is 0 Å². The summed E-state index contributed by atoms with van der Waals surface area (Å²) in [5, 5.41) is 9.73. The predicted molar refractivity (Wildman–Crippen MR) is 95.4 cm³/mol. The Labute approximate surface area is 149 Å². The third-order valence-corrected chi connectivity index (χ3v) is 5.55. The fourth-order valence-corrected chi connectivity index (χ4v) is 4.22. The van der Waals surface area contributed by atoms with Crippen molar-refractivity contribution in [2.45, 2.75) is 18.3 Å². The molecule has 1 saturated heterocycles. The van der Waals surface area contributed by atoms with Crippen molar-refractivity contribution in [1.29, 1.82) is 0 Å². The van der Waals surface area contributed by atoms with Crippen LogP contribution in [0, 0.1) is 6.92 Å². The fraction of sp³-hybridized carbons (Fsp3) is 0.222. The molecule has 0 radical (unpaired) electrons. The summed E-state index contributed by atoms with van der Waals surface area (Å²) in [6, 6.07) is 13.5. The second kappa shape index (κ2) is 6.87. The minimum absolute atomic E-state index is 0.297. The Kier molecular flexibility index (Phi) is 4.83. The summed E-state index contributed by atoms with van der Waals surface area (Å²) in [6.45, 7) is 1.99. The molecule has 124 valence electrons. The summed E-state index contributed by atoms with van der Waals surface area (Å²) in [7, 11) is 0. The molecule has 1 aliphatic rings. The van der Waals surface area contributed by atoms with Crippen LogP contribution >= 0.6 is 23.4 Å². The molecule has 1 heterocycles. The highest BCUT2D eigenvalue weighted by Crippen LogP contribution is 2.42. The van der Waals surface area contributed by atoms with Crippen LogP contribution in [0.1, 0.15) is 26.9 Å². The molecule has 0 unspecified atom stereocenters. The molecule has 3 rings (SSSR count). The summed E-state index contributed by atoms with van der Waals surface area (Å²) in [5.41, 5.74) is 2.48. The Bertz CT molecular complexity index is 761. The van der Waals surface area contributed by atoms with Crippen molar-refractivity contribution in [3.63, 3.8) is 0 Å². The monoisotopic (exact) mass is 361 g/mol. The zero-order chi connectivity index (χ0) is 17.3. The van der Waals surface area contributed by atoms with E-state index in [1.165, 1.54) is 16.7 Å². The van der Waals surface area contributed by atoms with Gasteiger partial charge < -0.3 is 10.0 Å². The number of benzene rings is 2. The lowest BCUT2D eigenvalue weighted by Crippen LogP contribution is -2.42. The number of hydrogen-bond acceptors (Lipinski definition) is 3. The molecule has 0 saturated carbocycles. The lowest BCUT2D eigenvalue weighted by atomic mass is 10.1. The molecule has 2 aromatic carbocycles. The van der Waals surface area contributed by atoms with Crippen LogP contribution in [0.4, 0.5) is 0 Å². The highest BCUT2D eigenvalue weighted by molar-refractivity contribution is 7.99. The summed E-state index contributed by atoms with van der Waals surface area (Å²) < 4.78 is 0. The lowest BCUT2D eigenvalue weighted by Gasteiger charge is -2.27. The van der Waals surface area contributed by atoms with Gasteiger partial charge in [-0.1, -0.05) is 41.4 Å². The number of hydrogen-bond donors (Lipinski definition) is 1. The van der Waals surface area contributed by atoms with E-state index in [9.17, 15) is 14.7 Å². The molecule has 24 heavy (non-hydrogen) atoms. The summed E-state index contributed by atoms with van der Waals surface area (Å²) >= 11 is 7.34. The van der Waals surface area contributed by atoms with Crippen molar-refractivity contribution in [2.24, 2.45) is 0 Å². The average molecular weight is 362 g/mol. The Morgan fingerprint density at radius 1 is 1.12 bits per heavy atom. The third-order valence-electron chi connectivity index (χ3n) is 3.97. The molecule has 0 bridgehead atoms. The van der Waals surface area contributed by atoms with E-state index >= 15 is 0 Å². The van der Waals surface area contributed by atoms with Crippen LogP contribution < -0.4 is 0 Å². The Balaban J connectivity index is 1.97. The van der Waals surface area contributed by atoms with Gasteiger partial charge >= 0.3 is 5.97 Å². The van der Waals surface area contributed by atoms with E-state index in [4.69, 9.17) is 11.6 Å². The number of nitrogens with zero attached hydrogens (tertiary/aromatic N) is 1. The van der Waals surface area contributed by atoms with Gasteiger partial charge in [0, 0.05) is 16.3 Å². The standard InChI is InChI=1S/C18H16ClNO3S/c1-11-2-4-13(5-3-11)17-20(15(10-24-17)18(22)23)16(21)12-6-8-14(19)9-7-12/h2-9,15,17H,10H2,1H3,(H,22,23)/t15-,17-/m0/s1. The van der Waals surface area contributed by atoms with Gasteiger partial charge in [0.1, 0.15) is 11.4 Å². The van der Waals surface area contributed by atoms with Crippen LogP contribution in [0.5, 0.6) is 0 Å². The highest BCUT2D eigenvalue weighted by atomic mass is 35.5. The van der Waals surface area contributed by atoms with E-state index < -0.39 is 12.0 Å². The minimum Gasteiger partial charge on any atom is -0.480 e. The fourth-order valence-electron chi connectivity index (χ4n) is 2.67. The van der Waals surface area contributed by atoms with Gasteiger partial charge in [-0.3, -0.25) is 4.79 Å². The number of amides is 1. The largest absolute Gasteiger partial charge is 0.480 e. The maximum absolute atomic E-state index is 12.9. The maximum Gasteiger partial charge on any atom is 0.327 e. The van der Waals surface area contributed by atoms with Gasteiger partial charge in [-0.2, -0.15) is 0 Å². The summed E-state index contributed by atoms with van der Waals surface area (Å²) in [6.07, 6.45) is 0. The van der Waals surface area contributed by atoms with Crippen LogP contribution in [-0.2, 0) is 4.79 Å². The molecule has 2 atom stereocenters. The predicted octanol–water partition coefficient (Wildman–Crippen LogP) is 3.99. The highest BCUT2D eigenvalue weighted by Gasteiger charge is 2.42. The molecule has 0 spiro atoms. The molecule has 0 aliphatic carbocycles. The van der Waals surface area contributed by atoms with Crippen LogP contribution in [0.15, 0.2) is 48.5 Å². The second-order valence-corrected chi connectivity index (χ2v) is 7.22. The van der Waals surface area contributed by atoms with Crippen LogP contribution in [0.2, 0.25) is 5.02 Å². The number of thioether (sulfide) groups is 1. The van der Waals surface area contributed by atoms with Crippen molar-refractivity contribution in [2.75, 3.05) is 5.75 Å². The van der Waals surface area contributed by atoms with E-state index in [1.54, 1.807) is 24.3 Å². The number of rotatable bonds is 3. The first-order chi connectivity index (χ1) is 11.5. The Hall–Kier alpha value is -1.98. The topological polar surface area (TPSA) is 57.6 Å². The second-order valence-electron chi connectivity index (χ2n) is 5.67. The third kappa shape index (κ3) is 3.28. The number of carbonyl (C=O) groups excluding carboxylic acids is 1. The van der Waals surface area contributed by atoms with Gasteiger partial charge in [0.25, 0.3) is 5.91 Å². The van der Waals surface area contributed by atoms with Gasteiger partial charge in [0.2, 0.25) is 0 Å². The van der Waals surface area contributed by atoms with Crippen LogP contribution in [0.25, 0.3) is 0 Å². The van der Waals surface area contributed by atoms with Crippen molar-refractivity contribution in [3.8, 4) is 0 Å². The van der Waals surface area contributed by atoms with Crippen LogP contribution in [0.3, 0.4) is 0 Å². The van der Waals surface area contributed by atoms with Crippen molar-refractivity contribution < 1.29 is 14.7 Å². The van der Waals surface area contributed by atoms with Crippen LogP contribution in [-0.4, -0.2) is 33.7 Å². The van der Waals surface area contributed by atoms with E-state index in [1.807, 2.05) is 31.2 Å². The molecule has 4 nitrogen and oxygen atoms in total. The molecular weight excluding hydrogens is 346 g/mol. The molecule has 1 fully saturated rings. The zero-order valence-corrected chi connectivity index (χ0v) is 14.6. The SMILES string of the molecule is Cc1ccc([C@@H]2SC[C@@H](C(=O)O)N2C(=O)c2ccc(Cl)cc2)cc1. The van der Waals surface area contributed by atoms with Gasteiger partial charge in [-0.05, 0) is 36.8 Å². The van der Waals surface area contributed by atoms with Crippen molar-refractivity contribution >= 4 is 35.2 Å². The van der Waals surface area contributed by atoms with Gasteiger partial charge in [0.15, 0.2) is 0 Å². The molecule has 1 aliphatic heterocycles. The lowest BCUT2D eigenvalue weighted by molar-refractivity contribution is -0.141. The molecule has 2 aromatic rings. The first-order valence-electron chi connectivity index (χ1n) is 7.46. The van der Waals surface area contributed by atoms with E-state index in [2.05, 4.69) is 0 Å². The van der Waals surface area contributed by atoms with E-state index in [0.717, 1.165) is 11.1 Å². The van der Waals surface area contributed by atoms with Gasteiger partial charge in [-0.15, -0.1) is 11.8 Å². The number of halogens is 1. The number of carboxylic acid groups (broad SMARTS) is 1. The average Bonchev–Trinajstić information content (AvgIpc) is 3.01. The smallest absolute Gasteiger partial charge is 0.327 e. The number of carbonyl (C=O) groups is 2. The number of aryl methyl sites for hydroxylation is 1. The molecule has 1 N–H and O–H groups in total. The van der Waals surface area contributed by atoms with E-state index in [-0.39, 0.29) is 11.3 Å². The normalized spacial score (nSPS) is 20.2. The number of aliphatic carboxylic acids is 1.